The van der Waals surface area contributed by atoms with Crippen LogP contribution >= 0.6 is 0 Å². The highest BCUT2D eigenvalue weighted by atomic mass is 32.2. The molecule has 0 unspecified atom stereocenters. The summed E-state index contributed by atoms with van der Waals surface area (Å²) in [5.74, 6) is 0. The van der Waals surface area contributed by atoms with Crippen molar-refractivity contribution in [2.75, 3.05) is 38.1 Å². The van der Waals surface area contributed by atoms with Crippen LogP contribution in [0.3, 0.4) is 0 Å². The topological polar surface area (TPSA) is 76.4 Å². The van der Waals surface area contributed by atoms with Crippen molar-refractivity contribution in [3.05, 3.63) is 59.7 Å². The zero-order valence-corrected chi connectivity index (χ0v) is 15.5. The number of nitrogens with zero attached hydrogens (tertiary/aromatic N) is 3. The Morgan fingerprint density at radius 2 is 1.69 bits per heavy atom. The summed E-state index contributed by atoms with van der Waals surface area (Å²) in [5.41, 5.74) is 2.17. The maximum Gasteiger partial charge on any atom is 0.242 e. The van der Waals surface area contributed by atoms with Crippen molar-refractivity contribution in [2.45, 2.75) is 11.4 Å². The molecule has 0 atom stereocenters. The Morgan fingerprint density at radius 3 is 2.35 bits per heavy atom. The Morgan fingerprint density at radius 1 is 1.04 bits per heavy atom. The fourth-order valence-electron chi connectivity index (χ4n) is 2.94. The lowest BCUT2D eigenvalue weighted by Gasteiger charge is -2.34. The average molecular weight is 370 g/mol. The molecule has 1 N–H and O–H groups in total. The van der Waals surface area contributed by atoms with Gasteiger partial charge in [0.1, 0.15) is 6.07 Å². The first-order chi connectivity index (χ1) is 12.5. The van der Waals surface area contributed by atoms with Crippen molar-refractivity contribution in [1.82, 2.24) is 9.62 Å². The molecular weight excluding hydrogens is 348 g/mol. The van der Waals surface area contributed by atoms with E-state index in [0.29, 0.717) is 0 Å². The zero-order chi connectivity index (χ0) is 18.6. The van der Waals surface area contributed by atoms with Gasteiger partial charge in [-0.1, -0.05) is 24.3 Å². The largest absolute Gasteiger partial charge is 0.369 e. The van der Waals surface area contributed by atoms with Crippen LogP contribution in [0.4, 0.5) is 5.69 Å². The third-order valence-electron chi connectivity index (χ3n) is 4.57. The fourth-order valence-corrected chi connectivity index (χ4v) is 4.11. The highest BCUT2D eigenvalue weighted by molar-refractivity contribution is 7.89. The molecule has 0 aliphatic carbocycles. The van der Waals surface area contributed by atoms with Crippen molar-refractivity contribution in [1.29, 1.82) is 5.26 Å². The van der Waals surface area contributed by atoms with Crippen LogP contribution in [-0.2, 0) is 16.6 Å². The van der Waals surface area contributed by atoms with E-state index in [2.05, 4.69) is 21.6 Å². The first kappa shape index (κ1) is 18.4. The fraction of sp³-hybridized carbons (Fsp3) is 0.316. The lowest BCUT2D eigenvalue weighted by atomic mass is 10.2. The second-order valence-electron chi connectivity index (χ2n) is 6.39. The number of nitriles is 1. The first-order valence-corrected chi connectivity index (χ1v) is 9.99. The van der Waals surface area contributed by atoms with Gasteiger partial charge in [-0.05, 0) is 36.9 Å². The van der Waals surface area contributed by atoms with Crippen molar-refractivity contribution < 1.29 is 8.42 Å². The lowest BCUT2D eigenvalue weighted by Crippen LogP contribution is -2.44. The van der Waals surface area contributed by atoms with Crippen LogP contribution < -0.4 is 9.62 Å². The minimum absolute atomic E-state index is 0.0107. The summed E-state index contributed by atoms with van der Waals surface area (Å²) in [7, 11) is -1.60. The third-order valence-corrected chi connectivity index (χ3v) is 6.03. The lowest BCUT2D eigenvalue weighted by molar-refractivity contribution is 0.313. The average Bonchev–Trinajstić information content (AvgIpc) is 2.67. The van der Waals surface area contributed by atoms with Gasteiger partial charge in [0, 0.05) is 38.4 Å². The number of benzene rings is 2. The van der Waals surface area contributed by atoms with Gasteiger partial charge in [0.25, 0.3) is 0 Å². The van der Waals surface area contributed by atoms with Gasteiger partial charge in [-0.15, -0.1) is 0 Å². The van der Waals surface area contributed by atoms with E-state index in [9.17, 15) is 8.42 Å². The maximum absolute atomic E-state index is 12.5. The molecule has 2 aromatic carbocycles. The summed E-state index contributed by atoms with van der Waals surface area (Å²) in [5, 5.41) is 9.09. The molecule has 2 aromatic rings. The molecule has 136 valence electrons. The molecule has 7 heteroatoms. The van der Waals surface area contributed by atoms with Crippen LogP contribution in [0, 0.1) is 11.3 Å². The number of piperazine rings is 1. The van der Waals surface area contributed by atoms with Crippen LogP contribution in [-0.4, -0.2) is 46.5 Å². The van der Waals surface area contributed by atoms with Gasteiger partial charge >= 0.3 is 0 Å². The van der Waals surface area contributed by atoms with Crippen LogP contribution in [0.2, 0.25) is 0 Å². The molecule has 0 amide bonds. The van der Waals surface area contributed by atoms with E-state index in [1.54, 1.807) is 12.1 Å². The smallest absolute Gasteiger partial charge is 0.242 e. The molecular formula is C19H22N4O2S. The van der Waals surface area contributed by atoms with Gasteiger partial charge in [0.15, 0.2) is 0 Å². The van der Waals surface area contributed by atoms with Crippen LogP contribution in [0.25, 0.3) is 0 Å². The molecule has 1 heterocycles. The van der Waals surface area contributed by atoms with Crippen LogP contribution in [0.5, 0.6) is 0 Å². The molecule has 0 saturated carbocycles. The quantitative estimate of drug-likeness (QED) is 0.868. The molecule has 1 aliphatic heterocycles. The summed E-state index contributed by atoms with van der Waals surface area (Å²) < 4.78 is 27.5. The molecule has 0 radical (unpaired) electrons. The molecule has 0 aromatic heterocycles. The van der Waals surface area contributed by atoms with Crippen LogP contribution in [0.1, 0.15) is 11.1 Å². The molecule has 1 fully saturated rings. The number of rotatable bonds is 5. The van der Waals surface area contributed by atoms with E-state index in [1.165, 1.54) is 12.1 Å². The summed E-state index contributed by atoms with van der Waals surface area (Å²) in [4.78, 5) is 4.65. The number of hydrogen-bond donors (Lipinski definition) is 1. The first-order valence-electron chi connectivity index (χ1n) is 8.51. The summed E-state index contributed by atoms with van der Waals surface area (Å²) >= 11 is 0. The highest BCUT2D eigenvalue weighted by Crippen LogP contribution is 2.18. The highest BCUT2D eigenvalue weighted by Gasteiger charge is 2.18. The van der Waals surface area contributed by atoms with Crippen molar-refractivity contribution in [3.63, 3.8) is 0 Å². The van der Waals surface area contributed by atoms with E-state index < -0.39 is 10.0 Å². The molecule has 3 rings (SSSR count). The molecule has 1 saturated heterocycles. The number of anilines is 1. The van der Waals surface area contributed by atoms with E-state index >= 15 is 0 Å². The number of sulfonamides is 1. The number of nitrogens with one attached hydrogen (secondary N) is 1. The summed E-state index contributed by atoms with van der Waals surface area (Å²) in [6.45, 7) is 4.26. The zero-order valence-electron chi connectivity index (χ0n) is 14.7. The minimum atomic E-state index is -3.73. The third kappa shape index (κ3) is 4.22. The van der Waals surface area contributed by atoms with E-state index in [-0.39, 0.29) is 17.0 Å². The maximum atomic E-state index is 12.5. The van der Waals surface area contributed by atoms with E-state index in [1.807, 2.05) is 30.3 Å². The molecule has 0 spiro atoms. The van der Waals surface area contributed by atoms with Gasteiger partial charge in [-0.3, -0.25) is 0 Å². The Bertz CT molecular complexity index is 896. The summed E-state index contributed by atoms with van der Waals surface area (Å²) in [6, 6.07) is 16.0. The Labute approximate surface area is 154 Å². The normalized spacial score (nSPS) is 15.6. The van der Waals surface area contributed by atoms with Crippen molar-refractivity contribution in [2.24, 2.45) is 0 Å². The Kier molecular flexibility index (Phi) is 5.57. The van der Waals surface area contributed by atoms with Crippen molar-refractivity contribution >= 4 is 15.7 Å². The molecule has 0 bridgehead atoms. The van der Waals surface area contributed by atoms with Crippen LogP contribution in [0.15, 0.2) is 53.4 Å². The summed E-state index contributed by atoms with van der Waals surface area (Å²) in [6.07, 6.45) is 0. The minimum Gasteiger partial charge on any atom is -0.369 e. The number of likely N-dealkylation sites (N-methyl/N-ethyl adjacent to an activating group) is 1. The second kappa shape index (κ2) is 7.87. The predicted molar refractivity (Wildman–Crippen MR) is 101 cm³/mol. The van der Waals surface area contributed by atoms with Crippen molar-refractivity contribution in [3.8, 4) is 6.07 Å². The van der Waals surface area contributed by atoms with E-state index in [4.69, 9.17) is 5.26 Å². The van der Waals surface area contributed by atoms with Gasteiger partial charge < -0.3 is 9.80 Å². The van der Waals surface area contributed by atoms with Gasteiger partial charge in [-0.25, -0.2) is 13.1 Å². The second-order valence-corrected chi connectivity index (χ2v) is 8.12. The monoisotopic (exact) mass is 370 g/mol. The SMILES string of the molecule is CN1CCN(c2ccc(CNS(=O)(=O)c3ccccc3C#N)cc2)CC1. The van der Waals surface area contributed by atoms with E-state index in [0.717, 1.165) is 37.4 Å². The molecule has 1 aliphatic rings. The Balaban J connectivity index is 1.65. The molecule has 26 heavy (non-hydrogen) atoms. The van der Waals surface area contributed by atoms with Gasteiger partial charge in [-0.2, -0.15) is 5.26 Å². The Hall–Kier alpha value is -2.40. The van der Waals surface area contributed by atoms with Gasteiger partial charge in [0.05, 0.1) is 10.5 Å². The number of hydrogen-bond acceptors (Lipinski definition) is 5. The molecule has 6 nitrogen and oxygen atoms in total. The van der Waals surface area contributed by atoms with Gasteiger partial charge in [0.2, 0.25) is 10.0 Å². The predicted octanol–water partition coefficient (Wildman–Crippen LogP) is 1.79. The standard InChI is InChI=1S/C19H22N4O2S/c1-22-10-12-23(13-11-22)18-8-6-16(7-9-18)15-21-26(24,25)19-5-3-2-4-17(19)14-20/h2-9,21H,10-13,15H2,1H3.